The van der Waals surface area contributed by atoms with Crippen LogP contribution < -0.4 is 21.3 Å². The molecule has 11 heteroatoms. The fourth-order valence-corrected chi connectivity index (χ4v) is 4.38. The van der Waals surface area contributed by atoms with Gasteiger partial charge in [0, 0.05) is 26.3 Å². The van der Waals surface area contributed by atoms with Crippen molar-refractivity contribution < 1.29 is 33.4 Å². The summed E-state index contributed by atoms with van der Waals surface area (Å²) in [5.41, 5.74) is 0. The molecule has 0 radical (unpaired) electrons. The van der Waals surface area contributed by atoms with E-state index < -0.39 is 29.9 Å². The zero-order valence-electron chi connectivity index (χ0n) is 21.2. The molecule has 36 heavy (non-hydrogen) atoms. The second kappa shape index (κ2) is 15.7. The molecule has 200 valence electrons. The summed E-state index contributed by atoms with van der Waals surface area (Å²) >= 11 is 0. The Bertz CT molecular complexity index is 833. The number of nitrogens with one attached hydrogen (secondary N) is 4. The number of unbranched alkanes of at least 4 members (excludes halogenated alkanes) is 1. The molecule has 0 aromatic carbocycles. The van der Waals surface area contributed by atoms with Crippen LogP contribution in [0.5, 0.6) is 0 Å². The van der Waals surface area contributed by atoms with Crippen molar-refractivity contribution in [1.82, 2.24) is 21.3 Å². The molecule has 2 rings (SSSR count). The van der Waals surface area contributed by atoms with Gasteiger partial charge in [-0.05, 0) is 56.8 Å². The topological polar surface area (TPSA) is 152 Å². The lowest BCUT2D eigenvalue weighted by molar-refractivity contribution is -0.143. The molecule has 2 aliphatic carbocycles. The lowest BCUT2D eigenvalue weighted by Gasteiger charge is -2.18. The van der Waals surface area contributed by atoms with E-state index in [1.165, 1.54) is 6.92 Å². The third-order valence-electron chi connectivity index (χ3n) is 6.30. The quantitative estimate of drug-likeness (QED) is 0.153. The van der Waals surface area contributed by atoms with E-state index in [-0.39, 0.29) is 32.0 Å². The highest BCUT2D eigenvalue weighted by Gasteiger charge is 2.49. The normalized spacial score (nSPS) is 20.6. The van der Waals surface area contributed by atoms with Gasteiger partial charge in [-0.3, -0.25) is 19.2 Å². The minimum atomic E-state index is -0.900. The molecule has 0 spiro atoms. The molecule has 1 fully saturated rings. The van der Waals surface area contributed by atoms with E-state index in [9.17, 15) is 24.0 Å². The minimum Gasteiger partial charge on any atom is -0.465 e. The highest BCUT2D eigenvalue weighted by Crippen LogP contribution is 2.52. The van der Waals surface area contributed by atoms with Gasteiger partial charge in [-0.25, -0.2) is 4.79 Å². The average molecular weight is 507 g/mol. The Morgan fingerprint density at radius 2 is 1.61 bits per heavy atom. The van der Waals surface area contributed by atoms with Crippen LogP contribution in [0, 0.1) is 29.6 Å². The second-order valence-corrected chi connectivity index (χ2v) is 9.00. The molecule has 4 N–H and O–H groups in total. The number of hydrogen-bond donors (Lipinski definition) is 4. The zero-order valence-corrected chi connectivity index (χ0v) is 21.2. The van der Waals surface area contributed by atoms with Gasteiger partial charge in [0.15, 0.2) is 0 Å². The molecule has 0 aliphatic heterocycles. The summed E-state index contributed by atoms with van der Waals surface area (Å²) in [6.45, 7) is 3.34. The zero-order chi connectivity index (χ0) is 26.3. The van der Waals surface area contributed by atoms with E-state index in [2.05, 4.69) is 33.1 Å². The van der Waals surface area contributed by atoms with Crippen LogP contribution in [0.3, 0.4) is 0 Å². The third kappa shape index (κ3) is 11.0. The summed E-state index contributed by atoms with van der Waals surface area (Å²) in [7, 11) is 0. The first kappa shape index (κ1) is 28.9. The van der Waals surface area contributed by atoms with Crippen molar-refractivity contribution in [2.45, 2.75) is 64.8 Å². The molecule has 3 atom stereocenters. The van der Waals surface area contributed by atoms with Gasteiger partial charge in [-0.1, -0.05) is 0 Å². The Hall–Kier alpha value is -3.29. The Labute approximate surface area is 212 Å². The number of ether oxygens (including phenoxy) is 2. The summed E-state index contributed by atoms with van der Waals surface area (Å²) in [4.78, 5) is 59.1. The SMILES string of the molecule is CCOC(=O)CNC(=O)C(CCCCNC(=O)OCC1C2CCC#CCCC21)NC(=O)CNC(C)=O. The van der Waals surface area contributed by atoms with Crippen molar-refractivity contribution in [3.63, 3.8) is 0 Å². The molecule has 0 saturated heterocycles. The molecule has 0 aromatic rings. The first-order chi connectivity index (χ1) is 17.3. The monoisotopic (exact) mass is 506 g/mol. The highest BCUT2D eigenvalue weighted by molar-refractivity contribution is 5.91. The third-order valence-corrected chi connectivity index (χ3v) is 6.30. The van der Waals surface area contributed by atoms with Crippen LogP contribution >= 0.6 is 0 Å². The van der Waals surface area contributed by atoms with Crippen molar-refractivity contribution in [2.24, 2.45) is 17.8 Å². The minimum absolute atomic E-state index is 0.192. The van der Waals surface area contributed by atoms with Crippen LogP contribution in [0.4, 0.5) is 4.79 Å². The second-order valence-electron chi connectivity index (χ2n) is 9.00. The number of carbonyl (C=O) groups excluding carboxylic acids is 5. The van der Waals surface area contributed by atoms with Gasteiger partial charge < -0.3 is 30.7 Å². The lowest BCUT2D eigenvalue weighted by atomic mass is 10.1. The number of amides is 4. The van der Waals surface area contributed by atoms with Crippen molar-refractivity contribution in [3.05, 3.63) is 0 Å². The fourth-order valence-electron chi connectivity index (χ4n) is 4.38. The van der Waals surface area contributed by atoms with Gasteiger partial charge in [0.25, 0.3) is 0 Å². The van der Waals surface area contributed by atoms with E-state index in [0.717, 1.165) is 25.7 Å². The fraction of sp³-hybridized carbons (Fsp3) is 0.720. The van der Waals surface area contributed by atoms with E-state index in [0.29, 0.717) is 43.7 Å². The van der Waals surface area contributed by atoms with Gasteiger partial charge >= 0.3 is 12.1 Å². The van der Waals surface area contributed by atoms with Crippen molar-refractivity contribution in [2.75, 3.05) is 32.8 Å². The van der Waals surface area contributed by atoms with Gasteiger partial charge in [0.2, 0.25) is 17.7 Å². The largest absolute Gasteiger partial charge is 0.465 e. The molecular formula is C25H38N4O7. The molecule has 11 nitrogen and oxygen atoms in total. The van der Waals surface area contributed by atoms with Gasteiger partial charge in [-0.2, -0.15) is 0 Å². The highest BCUT2D eigenvalue weighted by atomic mass is 16.5. The number of esters is 1. The maximum absolute atomic E-state index is 12.5. The number of fused-ring (bicyclic) bond motifs is 1. The van der Waals surface area contributed by atoms with E-state index in [1.54, 1.807) is 6.92 Å². The average Bonchev–Trinajstić information content (AvgIpc) is 3.47. The van der Waals surface area contributed by atoms with Gasteiger partial charge in [0.05, 0.1) is 19.8 Å². The standard InChI is InChI=1S/C25H38N4O7/c1-3-35-23(32)15-28-24(33)21(29-22(31)14-27-17(2)30)12-8-9-13-26-25(34)36-16-20-18-10-6-4-5-7-11-19(18)20/h18-21H,3,6-16H2,1-2H3,(H,26,34)(H,27,30)(H,28,33)(H,29,31). The molecule has 0 heterocycles. The summed E-state index contributed by atoms with van der Waals surface area (Å²) in [6.07, 6.45) is 4.88. The first-order valence-electron chi connectivity index (χ1n) is 12.6. The van der Waals surface area contributed by atoms with Crippen LogP contribution in [-0.4, -0.2) is 68.7 Å². The first-order valence-corrected chi connectivity index (χ1v) is 12.6. The Balaban J connectivity index is 1.67. The van der Waals surface area contributed by atoms with Gasteiger partial charge in [0.1, 0.15) is 12.6 Å². The Morgan fingerprint density at radius 1 is 0.917 bits per heavy atom. The van der Waals surface area contributed by atoms with E-state index >= 15 is 0 Å². The summed E-state index contributed by atoms with van der Waals surface area (Å²) in [5.74, 6) is 5.97. The maximum Gasteiger partial charge on any atom is 0.407 e. The predicted molar refractivity (Wildman–Crippen MR) is 130 cm³/mol. The van der Waals surface area contributed by atoms with Crippen LogP contribution in [0.25, 0.3) is 0 Å². The number of rotatable bonds is 14. The molecular weight excluding hydrogens is 468 g/mol. The number of carbonyl (C=O) groups is 5. The maximum atomic E-state index is 12.5. The van der Waals surface area contributed by atoms with Crippen molar-refractivity contribution in [3.8, 4) is 11.8 Å². The van der Waals surface area contributed by atoms with Crippen LogP contribution in [-0.2, 0) is 28.7 Å². The molecule has 1 saturated carbocycles. The smallest absolute Gasteiger partial charge is 0.407 e. The van der Waals surface area contributed by atoms with Crippen molar-refractivity contribution >= 4 is 29.8 Å². The summed E-state index contributed by atoms with van der Waals surface area (Å²) in [5, 5.41) is 10.1. The predicted octanol–water partition coefficient (Wildman–Crippen LogP) is 0.623. The summed E-state index contributed by atoms with van der Waals surface area (Å²) < 4.78 is 10.2. The molecule has 3 unspecified atom stereocenters. The molecule has 0 aromatic heterocycles. The molecule has 2 aliphatic rings. The van der Waals surface area contributed by atoms with E-state index in [4.69, 9.17) is 9.47 Å². The Morgan fingerprint density at radius 3 is 2.25 bits per heavy atom. The number of alkyl carbamates (subject to hydrolysis) is 1. The Kier molecular flexibility index (Phi) is 12.6. The van der Waals surface area contributed by atoms with Crippen LogP contribution in [0.2, 0.25) is 0 Å². The van der Waals surface area contributed by atoms with Crippen molar-refractivity contribution in [1.29, 1.82) is 0 Å². The van der Waals surface area contributed by atoms with Crippen LogP contribution in [0.15, 0.2) is 0 Å². The molecule has 4 amide bonds. The number of hydrogen-bond acceptors (Lipinski definition) is 7. The van der Waals surface area contributed by atoms with Gasteiger partial charge in [-0.15, -0.1) is 11.8 Å². The summed E-state index contributed by atoms with van der Waals surface area (Å²) in [6, 6.07) is -0.900. The lowest BCUT2D eigenvalue weighted by Crippen LogP contribution is -2.50. The van der Waals surface area contributed by atoms with Crippen LogP contribution in [0.1, 0.15) is 58.8 Å². The molecule has 0 bridgehead atoms. The van der Waals surface area contributed by atoms with E-state index in [1.807, 2.05) is 0 Å².